The van der Waals surface area contributed by atoms with Crippen molar-refractivity contribution >= 4 is 58.5 Å². The van der Waals surface area contributed by atoms with E-state index in [9.17, 15) is 19.2 Å². The summed E-state index contributed by atoms with van der Waals surface area (Å²) in [6, 6.07) is 15.0. The number of hydrogen-bond donors (Lipinski definition) is 5. The Labute approximate surface area is 523 Å². The summed E-state index contributed by atoms with van der Waals surface area (Å²) in [5.74, 6) is 0.200. The molecule has 0 unspecified atom stereocenters. The fourth-order valence-corrected chi connectivity index (χ4v) is 8.06. The van der Waals surface area contributed by atoms with Crippen LogP contribution in [0.1, 0.15) is 252 Å². The molecule has 0 spiro atoms. The monoisotopic (exact) mass is 1160 g/mol. The molecule has 15 nitrogen and oxygen atoms in total. The molecule has 4 saturated carbocycles. The summed E-state index contributed by atoms with van der Waals surface area (Å²) in [6.07, 6.45) is 15.6. The number of carboxylic acid groups (broad SMARTS) is 2. The number of nitrogens with one attached hydrogen (secondary N) is 2. The maximum absolute atomic E-state index is 12.6. The molecular formula is C61H90Cl2KN7O8. The van der Waals surface area contributed by atoms with Crippen molar-refractivity contribution in [3.05, 3.63) is 104 Å². The van der Waals surface area contributed by atoms with E-state index in [2.05, 4.69) is 46.4 Å². The van der Waals surface area contributed by atoms with Gasteiger partial charge in [-0.25, -0.2) is 34.3 Å². The number of Topliss-reactive ketones (excluding diaryl/α,β-unsaturated/α-hetero) is 1. The van der Waals surface area contributed by atoms with E-state index >= 15 is 0 Å². The SMILES string of the molecule is CC(C)(C)OC(=O)c1cc(Cl)nc(C(C)(C)C)c1.CC(C)(C)c1cc(C(=O)CC2CCC2)cc(NC2CCC2)n1.CC(C)(C)c1cc(C(=O)O)cc(Cl)n1.CC(C)(C)c1cc(C(=O)O)cc(NC2CCC2)n1.NC1CCC1.[K+].[OH-]. The number of carbonyl (C=O) groups is 4. The predicted octanol–water partition coefficient (Wildman–Crippen LogP) is 11.8. The van der Waals surface area contributed by atoms with Crippen LogP contribution in [0.3, 0.4) is 0 Å². The maximum atomic E-state index is 12.6. The van der Waals surface area contributed by atoms with Crippen molar-refractivity contribution in [1.29, 1.82) is 0 Å². The van der Waals surface area contributed by atoms with Crippen molar-refractivity contribution in [2.75, 3.05) is 10.6 Å². The van der Waals surface area contributed by atoms with Gasteiger partial charge < -0.3 is 36.8 Å². The van der Waals surface area contributed by atoms with Gasteiger partial charge in [0.2, 0.25) is 0 Å². The normalized spacial score (nSPS) is 15.6. The van der Waals surface area contributed by atoms with Crippen LogP contribution in [0.25, 0.3) is 0 Å². The van der Waals surface area contributed by atoms with Gasteiger partial charge in [0.15, 0.2) is 5.78 Å². The molecule has 4 aliphatic carbocycles. The first-order valence-electron chi connectivity index (χ1n) is 27.4. The first-order valence-corrected chi connectivity index (χ1v) is 28.2. The third-order valence-corrected chi connectivity index (χ3v) is 13.9. The fraction of sp³-hybridized carbons (Fsp3) is 0.607. The summed E-state index contributed by atoms with van der Waals surface area (Å²) < 4.78 is 5.32. The van der Waals surface area contributed by atoms with Crippen molar-refractivity contribution in [3.8, 4) is 0 Å². The molecule has 0 atom stereocenters. The van der Waals surface area contributed by atoms with Crippen LogP contribution in [0, 0.1) is 5.92 Å². The number of esters is 1. The van der Waals surface area contributed by atoms with Gasteiger partial charge >= 0.3 is 69.3 Å². The molecule has 0 bridgehead atoms. The Kier molecular flexibility index (Phi) is 27.7. The Morgan fingerprint density at radius 2 is 0.835 bits per heavy atom. The predicted molar refractivity (Wildman–Crippen MR) is 313 cm³/mol. The van der Waals surface area contributed by atoms with E-state index in [4.69, 9.17) is 48.9 Å². The van der Waals surface area contributed by atoms with Gasteiger partial charge in [0.1, 0.15) is 27.5 Å². The molecule has 18 heteroatoms. The standard InChI is InChI=1S/C19H28N2O.C14H20ClNO2.C14H20N2O2.C10H12ClNO2.C4H9N.K.H2O/c1-19(2,3)17-11-14(16(22)10-13-6-4-7-13)12-18(21-17)20-15-8-5-9-15;1-13(2,3)10-7-9(8-11(15)16-10)12(17)18-14(4,5)6;1-14(2,3)11-7-9(13(17)18)8-12(16-11)15-10-5-4-6-10;1-10(2,3)7-4-6(9(13)14)5-8(11)12-7;5-4-2-1-3-4;;/h11-13,15H,4-10H2,1-3H3,(H,20,21);7-8H,1-6H3;7-8,10H,4-6H2,1-3H3,(H,15,16)(H,17,18);4-5H,1-3H3,(H,13,14);4H,1-3,5H2;;1H2/q;;;;;+1;/p-1. The van der Waals surface area contributed by atoms with E-state index < -0.39 is 17.5 Å². The van der Waals surface area contributed by atoms with Crippen LogP contribution < -0.4 is 67.8 Å². The Morgan fingerprint density at radius 1 is 0.519 bits per heavy atom. The van der Waals surface area contributed by atoms with Crippen LogP contribution >= 0.6 is 23.2 Å². The molecule has 8 rings (SSSR count). The van der Waals surface area contributed by atoms with Gasteiger partial charge in [0.25, 0.3) is 0 Å². The van der Waals surface area contributed by atoms with Crippen molar-refractivity contribution in [2.45, 2.75) is 233 Å². The number of ether oxygens (including phenoxy) is 1. The number of pyridine rings is 4. The minimum absolute atomic E-state index is 0. The van der Waals surface area contributed by atoms with Gasteiger partial charge in [0, 0.05) is 74.5 Å². The number of hydrogen-bond acceptors (Lipinski definition) is 13. The number of anilines is 2. The molecule has 0 radical (unpaired) electrons. The molecule has 4 heterocycles. The molecule has 432 valence electrons. The topological polar surface area (TPSA) is 250 Å². The number of halogens is 2. The number of carboxylic acids is 2. The molecule has 0 aromatic carbocycles. The molecule has 0 amide bonds. The first-order chi connectivity index (χ1) is 35.5. The van der Waals surface area contributed by atoms with Gasteiger partial charge in [0.05, 0.1) is 16.7 Å². The fourth-order valence-electron chi connectivity index (χ4n) is 7.64. The second-order valence-electron chi connectivity index (χ2n) is 26.2. The van der Waals surface area contributed by atoms with Crippen LogP contribution in [0.4, 0.5) is 11.6 Å². The second kappa shape index (κ2) is 30.6. The molecule has 4 aromatic heterocycles. The summed E-state index contributed by atoms with van der Waals surface area (Å²) in [4.78, 5) is 64.1. The average molecular weight is 1160 g/mol. The molecule has 4 aromatic rings. The number of nitrogens with zero attached hydrogens (tertiary/aromatic N) is 4. The molecule has 0 saturated heterocycles. The summed E-state index contributed by atoms with van der Waals surface area (Å²) in [7, 11) is 0. The van der Waals surface area contributed by atoms with Crippen LogP contribution in [0.5, 0.6) is 0 Å². The second-order valence-corrected chi connectivity index (χ2v) is 26.9. The molecule has 4 fully saturated rings. The summed E-state index contributed by atoms with van der Waals surface area (Å²) in [5, 5.41) is 25.3. The zero-order valence-corrected chi connectivity index (χ0v) is 54.8. The van der Waals surface area contributed by atoms with Crippen LogP contribution in [0.15, 0.2) is 48.5 Å². The van der Waals surface area contributed by atoms with E-state index in [1.165, 1.54) is 76.3 Å². The number of carbonyl (C=O) groups excluding carboxylic acids is 2. The number of aromatic carboxylic acids is 2. The first kappa shape index (κ1) is 71.5. The van der Waals surface area contributed by atoms with Gasteiger partial charge in [-0.05, 0) is 127 Å². The smallest absolute Gasteiger partial charge is 0.870 e. The average Bonchev–Trinajstić information content (AvgIpc) is 3.25. The molecule has 0 aliphatic heterocycles. The van der Waals surface area contributed by atoms with Gasteiger partial charge in [-0.15, -0.1) is 0 Å². The Hall–Kier alpha value is -3.58. The minimum atomic E-state index is -0.986. The number of nitrogens with two attached hydrogens (primary N) is 1. The number of rotatable bonds is 10. The largest absolute Gasteiger partial charge is 1.00 e. The molecular weight excluding hydrogens is 1070 g/mol. The maximum Gasteiger partial charge on any atom is 1.00 e. The number of ketones is 1. The molecule has 4 aliphatic rings. The van der Waals surface area contributed by atoms with Crippen LogP contribution in [0.2, 0.25) is 10.3 Å². The van der Waals surface area contributed by atoms with Gasteiger partial charge in [-0.2, -0.15) is 0 Å². The minimum Gasteiger partial charge on any atom is -0.870 e. The van der Waals surface area contributed by atoms with Crippen molar-refractivity contribution in [3.63, 3.8) is 0 Å². The molecule has 7 N–H and O–H groups in total. The van der Waals surface area contributed by atoms with Crippen LogP contribution in [-0.4, -0.2) is 83.0 Å². The Bertz CT molecular complexity index is 2650. The van der Waals surface area contributed by atoms with Gasteiger partial charge in [-0.3, -0.25) is 4.79 Å². The van der Waals surface area contributed by atoms with Crippen LogP contribution in [-0.2, 0) is 26.4 Å². The Balaban J connectivity index is 0.000000349. The van der Waals surface area contributed by atoms with Gasteiger partial charge in [-0.1, -0.05) is 132 Å². The Morgan fingerprint density at radius 3 is 1.14 bits per heavy atom. The summed E-state index contributed by atoms with van der Waals surface area (Å²) in [6.45, 7) is 30.0. The summed E-state index contributed by atoms with van der Waals surface area (Å²) in [5.41, 5.74) is 9.34. The number of aromatic nitrogens is 4. The van der Waals surface area contributed by atoms with E-state index in [-0.39, 0.29) is 101 Å². The zero-order chi connectivity index (χ0) is 57.8. The zero-order valence-electron chi connectivity index (χ0n) is 50.1. The van der Waals surface area contributed by atoms with E-state index in [1.54, 1.807) is 24.3 Å². The van der Waals surface area contributed by atoms with E-state index in [0.29, 0.717) is 58.3 Å². The van der Waals surface area contributed by atoms with Crippen molar-refractivity contribution < 1.29 is 91.0 Å². The van der Waals surface area contributed by atoms with Crippen molar-refractivity contribution in [1.82, 2.24) is 19.9 Å². The quantitative estimate of drug-likeness (QED) is 0.0429. The van der Waals surface area contributed by atoms with Crippen molar-refractivity contribution in [2.24, 2.45) is 11.7 Å². The van der Waals surface area contributed by atoms with E-state index in [0.717, 1.165) is 41.3 Å². The summed E-state index contributed by atoms with van der Waals surface area (Å²) >= 11 is 11.7. The molecule has 79 heavy (non-hydrogen) atoms. The van der Waals surface area contributed by atoms with E-state index in [1.807, 2.05) is 95.2 Å². The third kappa shape index (κ3) is 24.8. The third-order valence-electron chi connectivity index (χ3n) is 13.5.